The maximum Gasteiger partial charge on any atom is 0.165 e. The Balaban J connectivity index is 1.78. The highest BCUT2D eigenvalue weighted by atomic mass is 35.5. The van der Waals surface area contributed by atoms with Gasteiger partial charge in [-0.1, -0.05) is 6.07 Å². The lowest BCUT2D eigenvalue weighted by Gasteiger charge is -2.10. The van der Waals surface area contributed by atoms with Crippen LogP contribution in [0.1, 0.15) is 0 Å². The van der Waals surface area contributed by atoms with Gasteiger partial charge in [0.05, 0.1) is 25.0 Å². The molecule has 0 aliphatic carbocycles. The van der Waals surface area contributed by atoms with Crippen molar-refractivity contribution in [2.75, 3.05) is 26.7 Å². The molecule has 0 bridgehead atoms. The Labute approximate surface area is 188 Å². The van der Waals surface area contributed by atoms with E-state index in [2.05, 4.69) is 0 Å². The maximum absolute atomic E-state index is 14.0. The van der Waals surface area contributed by atoms with Crippen LogP contribution in [0.2, 0.25) is 0 Å². The molecule has 1 heterocycles. The molecule has 0 unspecified atom stereocenters. The molecule has 0 saturated heterocycles. The van der Waals surface area contributed by atoms with E-state index in [1.807, 2.05) is 42.5 Å². The summed E-state index contributed by atoms with van der Waals surface area (Å²) < 4.78 is 37.3. The highest BCUT2D eigenvalue weighted by molar-refractivity contribution is 7.22. The average Bonchev–Trinajstić information content (AvgIpc) is 3.16. The fourth-order valence-corrected chi connectivity index (χ4v) is 4.38. The molecule has 7 heteroatoms. The van der Waals surface area contributed by atoms with E-state index in [-0.39, 0.29) is 5.75 Å². The Morgan fingerprint density at radius 1 is 0.871 bits per heavy atom. The van der Waals surface area contributed by atoms with Gasteiger partial charge in [0.25, 0.3) is 0 Å². The molecule has 0 saturated carbocycles. The van der Waals surface area contributed by atoms with E-state index < -0.39 is 5.82 Å². The van der Waals surface area contributed by atoms with Gasteiger partial charge in [-0.3, -0.25) is 0 Å². The third-order valence-corrected chi connectivity index (χ3v) is 5.99. The number of rotatable bonds is 8. The predicted octanol–water partition coefficient (Wildman–Crippen LogP) is 7.13. The third kappa shape index (κ3) is 4.55. The summed E-state index contributed by atoms with van der Waals surface area (Å²) in [4.78, 5) is 0.865. The standard InChI is InChI=1S/C24H20ClFO4S/c1-27-18-8-9-19-22(14-18)31-24(15-3-10-20(26)21(13-15)28-2)23(19)30-17-6-4-16(5-7-17)29-12-11-25/h3-10,13-14H,11-12H2,1-2H3. The highest BCUT2D eigenvalue weighted by Crippen LogP contribution is 2.48. The largest absolute Gasteiger partial charge is 0.497 e. The molecule has 0 radical (unpaired) electrons. The quantitative estimate of drug-likeness (QED) is 0.263. The van der Waals surface area contributed by atoms with Gasteiger partial charge in [-0.15, -0.1) is 22.9 Å². The number of hydrogen-bond donors (Lipinski definition) is 0. The zero-order valence-corrected chi connectivity index (χ0v) is 18.6. The molecule has 3 aromatic carbocycles. The van der Waals surface area contributed by atoms with Crippen molar-refractivity contribution in [3.63, 3.8) is 0 Å². The van der Waals surface area contributed by atoms with Crippen molar-refractivity contribution in [2.45, 2.75) is 0 Å². The summed E-state index contributed by atoms with van der Waals surface area (Å²) in [5, 5.41) is 0.937. The van der Waals surface area contributed by atoms with Crippen LogP contribution in [0.4, 0.5) is 4.39 Å². The van der Waals surface area contributed by atoms with Gasteiger partial charge in [0.2, 0.25) is 0 Å². The van der Waals surface area contributed by atoms with Gasteiger partial charge in [0.15, 0.2) is 17.3 Å². The van der Waals surface area contributed by atoms with Crippen molar-refractivity contribution in [2.24, 2.45) is 0 Å². The predicted molar refractivity (Wildman–Crippen MR) is 123 cm³/mol. The van der Waals surface area contributed by atoms with E-state index in [9.17, 15) is 4.39 Å². The Hall–Kier alpha value is -2.96. The van der Waals surface area contributed by atoms with Crippen LogP contribution in [-0.4, -0.2) is 26.7 Å². The number of thiophene rings is 1. The smallest absolute Gasteiger partial charge is 0.165 e. The second kappa shape index (κ2) is 9.45. The van der Waals surface area contributed by atoms with Gasteiger partial charge in [0, 0.05) is 10.1 Å². The van der Waals surface area contributed by atoms with E-state index in [0.717, 1.165) is 32.0 Å². The van der Waals surface area contributed by atoms with Gasteiger partial charge in [-0.05, 0) is 60.2 Å². The molecule has 0 amide bonds. The summed E-state index contributed by atoms with van der Waals surface area (Å²) in [5.41, 5.74) is 0.801. The van der Waals surface area contributed by atoms with E-state index in [1.54, 1.807) is 30.6 Å². The summed E-state index contributed by atoms with van der Waals surface area (Å²) in [5.74, 6) is 3.01. The summed E-state index contributed by atoms with van der Waals surface area (Å²) in [6, 6.07) is 17.9. The second-order valence-corrected chi connectivity index (χ2v) is 8.01. The first-order valence-corrected chi connectivity index (χ1v) is 10.9. The van der Waals surface area contributed by atoms with Crippen molar-refractivity contribution >= 4 is 33.0 Å². The van der Waals surface area contributed by atoms with Crippen molar-refractivity contribution < 1.29 is 23.3 Å². The zero-order valence-electron chi connectivity index (χ0n) is 17.0. The van der Waals surface area contributed by atoms with Crippen LogP contribution in [0, 0.1) is 5.82 Å². The molecule has 160 valence electrons. The summed E-state index contributed by atoms with van der Waals surface area (Å²) in [6.45, 7) is 0.440. The molecule has 0 aliphatic heterocycles. The fraction of sp³-hybridized carbons (Fsp3) is 0.167. The number of benzene rings is 3. The van der Waals surface area contributed by atoms with Crippen molar-refractivity contribution in [3.05, 3.63) is 66.5 Å². The number of ether oxygens (including phenoxy) is 4. The maximum atomic E-state index is 14.0. The number of methoxy groups -OCH3 is 2. The minimum absolute atomic E-state index is 0.180. The SMILES string of the molecule is COc1ccc2c(Oc3ccc(OCCCl)cc3)c(-c3ccc(F)c(OC)c3)sc2c1. The molecule has 1 aromatic heterocycles. The van der Waals surface area contributed by atoms with Gasteiger partial charge in [-0.2, -0.15) is 0 Å². The first kappa shape index (κ1) is 21.3. The number of halogens is 2. The highest BCUT2D eigenvalue weighted by Gasteiger charge is 2.18. The molecular formula is C24H20ClFO4S. The minimum atomic E-state index is -0.413. The molecule has 4 rings (SSSR count). The summed E-state index contributed by atoms with van der Waals surface area (Å²) in [7, 11) is 3.08. The number of alkyl halides is 1. The van der Waals surface area contributed by atoms with Crippen molar-refractivity contribution in [1.29, 1.82) is 0 Å². The Bertz CT molecular complexity index is 1190. The van der Waals surface area contributed by atoms with Crippen LogP contribution >= 0.6 is 22.9 Å². The molecular weight excluding hydrogens is 439 g/mol. The third-order valence-electron chi connectivity index (χ3n) is 4.65. The van der Waals surface area contributed by atoms with Gasteiger partial charge < -0.3 is 18.9 Å². The average molecular weight is 459 g/mol. The zero-order chi connectivity index (χ0) is 21.8. The van der Waals surface area contributed by atoms with E-state index >= 15 is 0 Å². The van der Waals surface area contributed by atoms with E-state index in [0.29, 0.717) is 24.0 Å². The molecule has 0 N–H and O–H groups in total. The normalized spacial score (nSPS) is 10.8. The van der Waals surface area contributed by atoms with Gasteiger partial charge >= 0.3 is 0 Å². The first-order valence-electron chi connectivity index (χ1n) is 9.54. The van der Waals surface area contributed by atoms with Gasteiger partial charge in [-0.25, -0.2) is 4.39 Å². The monoisotopic (exact) mass is 458 g/mol. The molecule has 0 fully saturated rings. The Morgan fingerprint density at radius 3 is 2.32 bits per heavy atom. The van der Waals surface area contributed by atoms with Crippen LogP contribution in [0.25, 0.3) is 20.5 Å². The van der Waals surface area contributed by atoms with Crippen molar-refractivity contribution in [3.8, 4) is 39.2 Å². The molecule has 31 heavy (non-hydrogen) atoms. The van der Waals surface area contributed by atoms with E-state index in [4.69, 9.17) is 30.5 Å². The Morgan fingerprint density at radius 2 is 1.61 bits per heavy atom. The topological polar surface area (TPSA) is 36.9 Å². The Kier molecular flexibility index (Phi) is 6.49. The summed E-state index contributed by atoms with van der Waals surface area (Å²) in [6.07, 6.45) is 0. The molecule has 0 aliphatic rings. The molecule has 0 spiro atoms. The first-order chi connectivity index (χ1) is 15.1. The van der Waals surface area contributed by atoms with Gasteiger partial charge in [0.1, 0.15) is 23.9 Å². The van der Waals surface area contributed by atoms with Crippen molar-refractivity contribution in [1.82, 2.24) is 0 Å². The minimum Gasteiger partial charge on any atom is -0.497 e. The summed E-state index contributed by atoms with van der Waals surface area (Å²) >= 11 is 7.21. The molecule has 0 atom stereocenters. The lowest BCUT2D eigenvalue weighted by atomic mass is 10.1. The lowest BCUT2D eigenvalue weighted by molar-refractivity contribution is 0.342. The van der Waals surface area contributed by atoms with Crippen LogP contribution < -0.4 is 18.9 Å². The lowest BCUT2D eigenvalue weighted by Crippen LogP contribution is -1.97. The van der Waals surface area contributed by atoms with Crippen LogP contribution in [0.3, 0.4) is 0 Å². The van der Waals surface area contributed by atoms with E-state index in [1.165, 1.54) is 13.2 Å². The van der Waals surface area contributed by atoms with Crippen LogP contribution in [0.5, 0.6) is 28.7 Å². The van der Waals surface area contributed by atoms with Crippen LogP contribution in [0.15, 0.2) is 60.7 Å². The number of fused-ring (bicyclic) bond motifs is 1. The second-order valence-electron chi connectivity index (χ2n) is 6.58. The number of hydrogen-bond acceptors (Lipinski definition) is 5. The fourth-order valence-electron chi connectivity index (χ4n) is 3.15. The van der Waals surface area contributed by atoms with Crippen LogP contribution in [-0.2, 0) is 0 Å². The molecule has 4 aromatic rings. The molecule has 4 nitrogen and oxygen atoms in total.